The van der Waals surface area contributed by atoms with Crippen LogP contribution < -0.4 is 5.32 Å². The molecule has 1 atom stereocenters. The Kier molecular flexibility index (Phi) is 7.77. The number of hydrogen-bond acceptors (Lipinski definition) is 7. The number of aromatic nitrogens is 4. The Bertz CT molecular complexity index is 1180. The van der Waals surface area contributed by atoms with Crippen molar-refractivity contribution in [1.82, 2.24) is 19.3 Å². The van der Waals surface area contributed by atoms with Crippen molar-refractivity contribution in [2.75, 3.05) is 17.7 Å². The molecule has 1 N–H and O–H groups in total. The van der Waals surface area contributed by atoms with Crippen molar-refractivity contribution in [1.29, 1.82) is 0 Å². The van der Waals surface area contributed by atoms with Crippen LogP contribution in [0.15, 0.2) is 23.5 Å². The van der Waals surface area contributed by atoms with Crippen molar-refractivity contribution in [3.05, 3.63) is 45.9 Å². The van der Waals surface area contributed by atoms with Crippen LogP contribution in [0.5, 0.6) is 0 Å². The van der Waals surface area contributed by atoms with Gasteiger partial charge >= 0.3 is 5.97 Å². The third-order valence-corrected chi connectivity index (χ3v) is 8.21. The molecule has 0 aliphatic heterocycles. The number of carbonyl (C=O) groups excluding carboxylic acids is 2. The molecule has 1 unspecified atom stereocenters. The smallest absolute Gasteiger partial charge is 0.341 e. The van der Waals surface area contributed by atoms with E-state index in [9.17, 15) is 9.59 Å². The number of nitrogens with zero attached hydrogens (tertiary/aromatic N) is 4. The molecular weight excluding hydrogens is 470 g/mol. The maximum Gasteiger partial charge on any atom is 0.341 e. The second-order valence-corrected chi connectivity index (χ2v) is 10.6. The molecule has 0 spiro atoms. The van der Waals surface area contributed by atoms with E-state index in [1.165, 1.54) is 28.0 Å². The minimum Gasteiger partial charge on any atom is -0.462 e. The van der Waals surface area contributed by atoms with Gasteiger partial charge in [0.25, 0.3) is 0 Å². The van der Waals surface area contributed by atoms with Crippen LogP contribution in [0.25, 0.3) is 0 Å². The minimum absolute atomic E-state index is 0.170. The van der Waals surface area contributed by atoms with Crippen LogP contribution in [0, 0.1) is 5.92 Å². The molecule has 1 aliphatic carbocycles. The summed E-state index contributed by atoms with van der Waals surface area (Å²) in [7, 11) is 2.01. The van der Waals surface area contributed by atoms with Crippen molar-refractivity contribution >= 4 is 40.0 Å². The normalized spacial score (nSPS) is 15.2. The van der Waals surface area contributed by atoms with E-state index < -0.39 is 0 Å². The average molecular weight is 502 g/mol. The first-order chi connectivity index (χ1) is 16.4. The number of thiophene rings is 1. The van der Waals surface area contributed by atoms with Gasteiger partial charge in [0.05, 0.1) is 17.9 Å². The molecule has 0 aromatic carbocycles. The maximum atomic E-state index is 12.9. The topological polar surface area (TPSA) is 91.0 Å². The minimum atomic E-state index is -0.353. The van der Waals surface area contributed by atoms with E-state index in [-0.39, 0.29) is 17.6 Å². The number of carbonyl (C=O) groups is 2. The number of rotatable bonds is 9. The highest BCUT2D eigenvalue weighted by molar-refractivity contribution is 7.99. The van der Waals surface area contributed by atoms with Crippen LogP contribution >= 0.6 is 23.1 Å². The standard InChI is InChI=1S/C24H31N5O3S2/c1-5-29-19(13-16-8-7-11-28(16)4)26-27-24(29)33-14-20(30)25-22-21(23(31)32-6-2)17-10-9-15(3)12-18(17)34-22/h7-8,11,15H,5-6,9-10,12-14H2,1-4H3,(H,25,30). The first-order valence-electron chi connectivity index (χ1n) is 11.7. The van der Waals surface area contributed by atoms with Gasteiger partial charge < -0.3 is 19.2 Å². The Balaban J connectivity index is 1.46. The average Bonchev–Trinajstić information content (AvgIpc) is 3.49. The van der Waals surface area contributed by atoms with Crippen molar-refractivity contribution in [2.45, 2.75) is 58.2 Å². The second-order valence-electron chi connectivity index (χ2n) is 8.54. The van der Waals surface area contributed by atoms with Gasteiger partial charge in [-0.05, 0) is 56.7 Å². The van der Waals surface area contributed by atoms with Gasteiger partial charge in [-0.15, -0.1) is 21.5 Å². The lowest BCUT2D eigenvalue weighted by atomic mass is 9.88. The molecule has 3 aromatic heterocycles. The highest BCUT2D eigenvalue weighted by Gasteiger charge is 2.29. The van der Waals surface area contributed by atoms with Gasteiger partial charge in [-0.1, -0.05) is 18.7 Å². The van der Waals surface area contributed by atoms with Gasteiger partial charge in [-0.2, -0.15) is 0 Å². The Morgan fingerprint density at radius 3 is 2.85 bits per heavy atom. The molecule has 0 radical (unpaired) electrons. The van der Waals surface area contributed by atoms with Gasteiger partial charge in [-0.25, -0.2) is 4.79 Å². The predicted molar refractivity (Wildman–Crippen MR) is 135 cm³/mol. The van der Waals surface area contributed by atoms with Crippen LogP contribution in [0.4, 0.5) is 5.00 Å². The van der Waals surface area contributed by atoms with E-state index in [0.29, 0.717) is 34.7 Å². The molecular formula is C24H31N5O3S2. The molecule has 34 heavy (non-hydrogen) atoms. The van der Waals surface area contributed by atoms with E-state index in [1.807, 2.05) is 30.8 Å². The SMILES string of the molecule is CCOC(=O)c1c(NC(=O)CSc2nnc(Cc3cccn3C)n2CC)sc2c1CCC(C)C2. The van der Waals surface area contributed by atoms with Gasteiger partial charge in [0.2, 0.25) is 5.91 Å². The van der Waals surface area contributed by atoms with Crippen molar-refractivity contribution in [3.8, 4) is 0 Å². The molecule has 0 saturated heterocycles. The highest BCUT2D eigenvalue weighted by Crippen LogP contribution is 2.40. The Labute approximate surface area is 208 Å². The molecule has 8 nitrogen and oxygen atoms in total. The summed E-state index contributed by atoms with van der Waals surface area (Å²) in [4.78, 5) is 26.7. The Morgan fingerprint density at radius 1 is 1.32 bits per heavy atom. The molecule has 0 saturated carbocycles. The molecule has 4 rings (SSSR count). The zero-order valence-corrected chi connectivity index (χ0v) is 21.7. The lowest BCUT2D eigenvalue weighted by Crippen LogP contribution is -2.18. The summed E-state index contributed by atoms with van der Waals surface area (Å²) in [6.45, 7) is 7.09. The van der Waals surface area contributed by atoms with E-state index in [0.717, 1.165) is 42.9 Å². The lowest BCUT2D eigenvalue weighted by Gasteiger charge is -2.18. The zero-order valence-electron chi connectivity index (χ0n) is 20.1. The number of anilines is 1. The summed E-state index contributed by atoms with van der Waals surface area (Å²) in [5.74, 6) is 1.11. The van der Waals surface area contributed by atoms with Crippen LogP contribution in [0.1, 0.15) is 59.5 Å². The number of esters is 1. The van der Waals surface area contributed by atoms with Crippen molar-refractivity contribution in [3.63, 3.8) is 0 Å². The lowest BCUT2D eigenvalue weighted by molar-refractivity contribution is -0.113. The summed E-state index contributed by atoms with van der Waals surface area (Å²) < 4.78 is 9.41. The monoisotopic (exact) mass is 501 g/mol. The first-order valence-corrected chi connectivity index (χ1v) is 13.5. The van der Waals surface area contributed by atoms with Gasteiger partial charge in [-0.3, -0.25) is 4.79 Å². The fraction of sp³-hybridized carbons (Fsp3) is 0.500. The Hall–Kier alpha value is -2.59. The van der Waals surface area contributed by atoms with Gasteiger partial charge in [0, 0.05) is 36.8 Å². The molecule has 1 aliphatic rings. The number of fused-ring (bicyclic) bond motifs is 1. The van der Waals surface area contributed by atoms with Crippen LogP contribution in [0.2, 0.25) is 0 Å². The number of thioether (sulfide) groups is 1. The predicted octanol–water partition coefficient (Wildman–Crippen LogP) is 4.32. The van der Waals surface area contributed by atoms with Crippen LogP contribution in [-0.4, -0.2) is 43.6 Å². The third-order valence-electron chi connectivity index (χ3n) is 6.08. The van der Waals surface area contributed by atoms with Crippen molar-refractivity contribution < 1.29 is 14.3 Å². The number of nitrogens with one attached hydrogen (secondary N) is 1. The van der Waals surface area contributed by atoms with Crippen molar-refractivity contribution in [2.24, 2.45) is 13.0 Å². The first kappa shape index (κ1) is 24.5. The molecule has 0 bridgehead atoms. The number of aryl methyl sites for hydroxylation is 1. The fourth-order valence-corrected chi connectivity index (χ4v) is 6.50. The third kappa shape index (κ3) is 5.22. The molecule has 3 aromatic rings. The largest absolute Gasteiger partial charge is 0.462 e. The maximum absolute atomic E-state index is 12.9. The van der Waals surface area contributed by atoms with E-state index >= 15 is 0 Å². The molecule has 182 valence electrons. The van der Waals surface area contributed by atoms with Gasteiger partial charge in [0.1, 0.15) is 10.8 Å². The molecule has 3 heterocycles. The van der Waals surface area contributed by atoms with E-state index in [1.54, 1.807) is 6.92 Å². The molecule has 1 amide bonds. The summed E-state index contributed by atoms with van der Waals surface area (Å²) in [5.41, 5.74) is 2.73. The summed E-state index contributed by atoms with van der Waals surface area (Å²) in [6, 6.07) is 4.08. The second kappa shape index (κ2) is 10.8. The van der Waals surface area contributed by atoms with Gasteiger partial charge in [0.15, 0.2) is 5.16 Å². The van der Waals surface area contributed by atoms with Crippen LogP contribution in [-0.2, 0) is 42.4 Å². The molecule has 10 heteroatoms. The highest BCUT2D eigenvalue weighted by atomic mass is 32.2. The fourth-order valence-electron chi connectivity index (χ4n) is 4.27. The number of ether oxygens (including phenoxy) is 1. The van der Waals surface area contributed by atoms with Crippen LogP contribution in [0.3, 0.4) is 0 Å². The summed E-state index contributed by atoms with van der Waals surface area (Å²) >= 11 is 2.86. The van der Waals surface area contributed by atoms with E-state index in [4.69, 9.17) is 4.74 Å². The van der Waals surface area contributed by atoms with E-state index in [2.05, 4.69) is 33.1 Å². The number of hydrogen-bond donors (Lipinski definition) is 1. The molecule has 0 fully saturated rings. The summed E-state index contributed by atoms with van der Waals surface area (Å²) in [6.07, 6.45) is 5.50. The quantitative estimate of drug-likeness (QED) is 0.347. The Morgan fingerprint density at radius 2 is 2.15 bits per heavy atom. The zero-order chi connectivity index (χ0) is 24.2. The number of amides is 1. The summed E-state index contributed by atoms with van der Waals surface area (Å²) in [5, 5.41) is 13.0.